The summed E-state index contributed by atoms with van der Waals surface area (Å²) in [6.45, 7) is 12.1. The van der Waals surface area contributed by atoms with Crippen LogP contribution in [0, 0.1) is 0 Å². The van der Waals surface area contributed by atoms with Crippen LogP contribution in [0.3, 0.4) is 0 Å². The van der Waals surface area contributed by atoms with E-state index in [-0.39, 0.29) is 12.1 Å². The molecule has 0 saturated heterocycles. The van der Waals surface area contributed by atoms with Gasteiger partial charge in [-0.1, -0.05) is 12.1 Å². The molecule has 0 radical (unpaired) electrons. The third kappa shape index (κ3) is 10.1. The van der Waals surface area contributed by atoms with Crippen LogP contribution in [-0.2, 0) is 35.2 Å². The Kier molecular flexibility index (Phi) is 13.4. The molecule has 2 amide bonds. The molecular weight excluding hydrogens is 781 g/mol. The van der Waals surface area contributed by atoms with E-state index in [4.69, 9.17) is 42.6 Å². The van der Waals surface area contributed by atoms with Gasteiger partial charge in [0.05, 0.1) is 54.7 Å². The van der Waals surface area contributed by atoms with E-state index in [2.05, 4.69) is 0 Å². The molecule has 6 rings (SSSR count). The summed E-state index contributed by atoms with van der Waals surface area (Å²) in [5.41, 5.74) is 4.46. The zero-order valence-electron chi connectivity index (χ0n) is 37.6. The van der Waals surface area contributed by atoms with Crippen molar-refractivity contribution in [2.45, 2.75) is 90.5 Å². The molecule has 0 fully saturated rings. The standard InChI is InChI=1S/C48H60N2O11/c1-47(2,3)60-45(51)49-19-17-31-25-39(55-9)41(57-11)27-33(31)35(49)21-29-13-15-37(53-7)43(23-29)59-44-24-30(14-16-38(44)54-8)22-36-34-28-42(58-12)40(56-10)26-32(34)18-20-50(36)46(52)61-48(4,5)6/h13-16,23-28,35-36H,17-22H2,1-12H3/t35-,36-/m1/s1. The normalized spacial score (nSPS) is 16.1. The lowest BCUT2D eigenvalue weighted by Crippen LogP contribution is -2.43. The van der Waals surface area contributed by atoms with Gasteiger partial charge in [0.1, 0.15) is 11.2 Å². The van der Waals surface area contributed by atoms with Crippen LogP contribution in [-0.4, -0.2) is 88.9 Å². The highest BCUT2D eigenvalue weighted by Gasteiger charge is 2.37. The molecule has 0 N–H and O–H groups in total. The molecule has 328 valence electrons. The number of carbonyl (C=O) groups excluding carboxylic acids is 2. The zero-order chi connectivity index (χ0) is 44.2. The van der Waals surface area contributed by atoms with Gasteiger partial charge in [-0.25, -0.2) is 9.59 Å². The SMILES string of the molecule is COc1cc2c(cc1OC)[C@@H](Cc1ccc(OC)c(Oc3cc(C[C@@H]4c5cc(OC)c(OC)cc5CCN4C(=O)OC(C)(C)C)ccc3OC)c1)N(C(=O)OC(C)(C)C)CC2. The maximum atomic E-state index is 13.8. The number of carbonyl (C=O) groups is 2. The number of hydrogen-bond acceptors (Lipinski definition) is 11. The number of hydrogen-bond donors (Lipinski definition) is 0. The van der Waals surface area contributed by atoms with Gasteiger partial charge in [0.15, 0.2) is 46.0 Å². The number of fused-ring (bicyclic) bond motifs is 2. The molecule has 0 saturated carbocycles. The minimum absolute atomic E-state index is 0.387. The molecule has 2 heterocycles. The van der Waals surface area contributed by atoms with Crippen LogP contribution < -0.4 is 33.2 Å². The summed E-state index contributed by atoms with van der Waals surface area (Å²) >= 11 is 0. The average molecular weight is 841 g/mol. The van der Waals surface area contributed by atoms with E-state index in [0.717, 1.165) is 33.4 Å². The third-order valence-corrected chi connectivity index (χ3v) is 10.8. The Bertz CT molecular complexity index is 2070. The average Bonchev–Trinajstić information content (AvgIpc) is 3.21. The molecule has 2 aliphatic rings. The first kappa shape index (κ1) is 44.6. The minimum atomic E-state index is -0.678. The molecule has 13 heteroatoms. The van der Waals surface area contributed by atoms with E-state index >= 15 is 0 Å². The molecule has 4 aromatic rings. The minimum Gasteiger partial charge on any atom is -0.493 e. The predicted octanol–water partition coefficient (Wildman–Crippen LogP) is 9.68. The highest BCUT2D eigenvalue weighted by Crippen LogP contribution is 2.44. The van der Waals surface area contributed by atoms with E-state index < -0.39 is 23.4 Å². The van der Waals surface area contributed by atoms with E-state index in [0.29, 0.717) is 84.8 Å². The molecule has 0 aliphatic carbocycles. The molecule has 4 aromatic carbocycles. The second kappa shape index (κ2) is 18.3. The largest absolute Gasteiger partial charge is 0.493 e. The van der Waals surface area contributed by atoms with Crippen LogP contribution in [0.2, 0.25) is 0 Å². The Labute approximate surface area is 359 Å². The van der Waals surface area contributed by atoms with Crippen molar-refractivity contribution in [1.82, 2.24) is 9.80 Å². The van der Waals surface area contributed by atoms with Crippen molar-refractivity contribution in [1.29, 1.82) is 0 Å². The molecule has 0 unspecified atom stereocenters. The van der Waals surface area contributed by atoms with Crippen LogP contribution in [0.25, 0.3) is 0 Å². The van der Waals surface area contributed by atoms with Crippen LogP contribution in [0.1, 0.15) is 87.0 Å². The molecule has 13 nitrogen and oxygen atoms in total. The monoisotopic (exact) mass is 840 g/mol. The van der Waals surface area contributed by atoms with Crippen molar-refractivity contribution < 1.29 is 52.2 Å². The van der Waals surface area contributed by atoms with Gasteiger partial charge in [0, 0.05) is 13.1 Å². The molecule has 2 atom stereocenters. The molecule has 61 heavy (non-hydrogen) atoms. The Hall–Kier alpha value is -5.98. The van der Waals surface area contributed by atoms with E-state index in [9.17, 15) is 9.59 Å². The summed E-state index contributed by atoms with van der Waals surface area (Å²) in [6, 6.07) is 18.6. The lowest BCUT2D eigenvalue weighted by molar-refractivity contribution is 0.0130. The predicted molar refractivity (Wildman–Crippen MR) is 231 cm³/mol. The van der Waals surface area contributed by atoms with Crippen molar-refractivity contribution in [2.24, 2.45) is 0 Å². The highest BCUT2D eigenvalue weighted by molar-refractivity contribution is 5.71. The molecule has 2 aliphatic heterocycles. The van der Waals surface area contributed by atoms with Gasteiger partial charge in [0.25, 0.3) is 0 Å². The maximum absolute atomic E-state index is 13.8. The van der Waals surface area contributed by atoms with Crippen molar-refractivity contribution in [3.8, 4) is 46.0 Å². The van der Waals surface area contributed by atoms with Gasteiger partial charge in [-0.3, -0.25) is 0 Å². The number of ether oxygens (including phenoxy) is 9. The molecule has 0 aromatic heterocycles. The fraction of sp³-hybridized carbons (Fsp3) is 0.458. The number of methoxy groups -OCH3 is 6. The Morgan fingerprint density at radius 3 is 1.16 bits per heavy atom. The number of amides is 2. The van der Waals surface area contributed by atoms with Crippen LogP contribution in [0.4, 0.5) is 9.59 Å². The second-order valence-electron chi connectivity index (χ2n) is 17.2. The van der Waals surface area contributed by atoms with Crippen molar-refractivity contribution in [3.63, 3.8) is 0 Å². The van der Waals surface area contributed by atoms with Gasteiger partial charge in [-0.05, 0) is 149 Å². The lowest BCUT2D eigenvalue weighted by Gasteiger charge is -2.38. The topological polar surface area (TPSA) is 124 Å². The Morgan fingerprint density at radius 1 is 0.492 bits per heavy atom. The van der Waals surface area contributed by atoms with E-state index in [1.807, 2.05) is 102 Å². The summed E-state index contributed by atoms with van der Waals surface area (Å²) < 4.78 is 52.8. The zero-order valence-corrected chi connectivity index (χ0v) is 37.6. The van der Waals surface area contributed by atoms with Gasteiger partial charge in [-0.2, -0.15) is 0 Å². The number of nitrogens with zero attached hydrogens (tertiary/aromatic N) is 2. The molecule has 0 spiro atoms. The van der Waals surface area contributed by atoms with Crippen molar-refractivity contribution in [3.05, 3.63) is 94.0 Å². The Balaban J connectivity index is 1.36. The first-order valence-corrected chi connectivity index (χ1v) is 20.5. The highest BCUT2D eigenvalue weighted by atomic mass is 16.6. The van der Waals surface area contributed by atoms with Crippen LogP contribution >= 0.6 is 0 Å². The first-order valence-electron chi connectivity index (χ1n) is 20.5. The molecular formula is C48H60N2O11. The maximum Gasteiger partial charge on any atom is 0.410 e. The van der Waals surface area contributed by atoms with E-state index in [1.54, 1.807) is 52.5 Å². The van der Waals surface area contributed by atoms with E-state index in [1.165, 1.54) is 0 Å². The number of rotatable bonds is 12. The summed E-state index contributed by atoms with van der Waals surface area (Å²) in [6.07, 6.45) is 1.34. The smallest absolute Gasteiger partial charge is 0.410 e. The summed E-state index contributed by atoms with van der Waals surface area (Å²) in [5, 5.41) is 0. The van der Waals surface area contributed by atoms with Gasteiger partial charge < -0.3 is 52.4 Å². The second-order valence-corrected chi connectivity index (χ2v) is 17.2. The third-order valence-electron chi connectivity index (χ3n) is 10.8. The number of benzene rings is 4. The first-order chi connectivity index (χ1) is 29.0. The van der Waals surface area contributed by atoms with Crippen LogP contribution in [0.5, 0.6) is 46.0 Å². The summed E-state index contributed by atoms with van der Waals surface area (Å²) in [5.74, 6) is 4.35. The lowest BCUT2D eigenvalue weighted by atomic mass is 9.88. The van der Waals surface area contributed by atoms with Crippen molar-refractivity contribution in [2.75, 3.05) is 55.7 Å². The summed E-state index contributed by atoms with van der Waals surface area (Å²) in [7, 11) is 9.61. The van der Waals surface area contributed by atoms with Gasteiger partial charge in [-0.15, -0.1) is 0 Å². The molecule has 0 bridgehead atoms. The van der Waals surface area contributed by atoms with Gasteiger partial charge >= 0.3 is 12.2 Å². The Morgan fingerprint density at radius 2 is 0.836 bits per heavy atom. The fourth-order valence-corrected chi connectivity index (χ4v) is 8.00. The van der Waals surface area contributed by atoms with Gasteiger partial charge in [0.2, 0.25) is 0 Å². The quantitative estimate of drug-likeness (QED) is 0.136. The van der Waals surface area contributed by atoms with Crippen molar-refractivity contribution >= 4 is 12.2 Å². The van der Waals surface area contributed by atoms with Crippen LogP contribution in [0.15, 0.2) is 60.7 Å². The summed E-state index contributed by atoms with van der Waals surface area (Å²) in [4.78, 5) is 31.1. The fourth-order valence-electron chi connectivity index (χ4n) is 8.00.